The van der Waals surface area contributed by atoms with Crippen LogP contribution in [0.3, 0.4) is 0 Å². The molecule has 4 rings (SSSR count). The van der Waals surface area contributed by atoms with Crippen molar-refractivity contribution in [2.24, 2.45) is 17.8 Å². The van der Waals surface area contributed by atoms with Crippen molar-refractivity contribution in [3.63, 3.8) is 0 Å². The van der Waals surface area contributed by atoms with Crippen LogP contribution in [0.4, 0.5) is 5.69 Å². The van der Waals surface area contributed by atoms with Gasteiger partial charge in [0.05, 0.1) is 11.4 Å². The summed E-state index contributed by atoms with van der Waals surface area (Å²) in [7, 11) is 0. The summed E-state index contributed by atoms with van der Waals surface area (Å²) in [6, 6.07) is 8.76. The van der Waals surface area contributed by atoms with E-state index < -0.39 is 5.97 Å². The third kappa shape index (κ3) is 2.58. The van der Waals surface area contributed by atoms with Crippen molar-refractivity contribution in [3.8, 4) is 5.69 Å². The summed E-state index contributed by atoms with van der Waals surface area (Å²) >= 11 is 0. The quantitative estimate of drug-likeness (QED) is 0.905. The number of anilines is 1. The summed E-state index contributed by atoms with van der Waals surface area (Å²) in [5.41, 5.74) is 1.30. The van der Waals surface area contributed by atoms with Gasteiger partial charge < -0.3 is 10.4 Å². The summed E-state index contributed by atoms with van der Waals surface area (Å²) < 4.78 is 1.49. The molecule has 0 saturated heterocycles. The van der Waals surface area contributed by atoms with Crippen molar-refractivity contribution >= 4 is 17.6 Å². The predicted molar refractivity (Wildman–Crippen MR) is 88.1 cm³/mol. The molecule has 2 unspecified atom stereocenters. The number of carboxylic acid groups (broad SMARTS) is 1. The molecule has 1 amide bonds. The molecule has 2 aromatic rings. The predicted octanol–water partition coefficient (Wildman–Crippen LogP) is 2.95. The lowest BCUT2D eigenvalue weighted by molar-refractivity contribution is -0.117. The van der Waals surface area contributed by atoms with Gasteiger partial charge in [-0.25, -0.2) is 9.48 Å². The molecule has 0 bridgehead atoms. The van der Waals surface area contributed by atoms with E-state index in [0.717, 1.165) is 12.8 Å². The van der Waals surface area contributed by atoms with Gasteiger partial charge in [0.25, 0.3) is 0 Å². The molecule has 124 valence electrons. The van der Waals surface area contributed by atoms with Crippen LogP contribution < -0.4 is 5.32 Å². The number of aromatic nitrogens is 2. The Bertz CT molecular complexity index is 786. The summed E-state index contributed by atoms with van der Waals surface area (Å²) in [6.07, 6.45) is 6.36. The topological polar surface area (TPSA) is 84.2 Å². The third-order valence-corrected chi connectivity index (χ3v) is 5.18. The molecule has 1 aromatic carbocycles. The second-order valence-electron chi connectivity index (χ2n) is 6.60. The van der Waals surface area contributed by atoms with Gasteiger partial charge >= 0.3 is 5.97 Å². The molecular formula is C18H19N3O3. The van der Waals surface area contributed by atoms with Gasteiger partial charge in [-0.2, -0.15) is 5.10 Å². The summed E-state index contributed by atoms with van der Waals surface area (Å²) in [6.45, 7) is 0. The Morgan fingerprint density at radius 3 is 2.50 bits per heavy atom. The number of fused-ring (bicyclic) bond motifs is 1. The van der Waals surface area contributed by atoms with Gasteiger partial charge in [-0.1, -0.05) is 25.0 Å². The van der Waals surface area contributed by atoms with Crippen LogP contribution in [-0.2, 0) is 4.79 Å². The van der Waals surface area contributed by atoms with Gasteiger partial charge in [-0.15, -0.1) is 0 Å². The first-order valence-corrected chi connectivity index (χ1v) is 8.34. The van der Waals surface area contributed by atoms with E-state index in [1.165, 1.54) is 23.6 Å². The highest BCUT2D eigenvalue weighted by molar-refractivity contribution is 5.96. The molecule has 6 heteroatoms. The summed E-state index contributed by atoms with van der Waals surface area (Å²) in [5, 5.41) is 16.1. The maximum Gasteiger partial charge on any atom is 0.356 e. The second-order valence-corrected chi connectivity index (χ2v) is 6.60. The molecular weight excluding hydrogens is 306 g/mol. The first-order valence-electron chi connectivity index (χ1n) is 8.34. The minimum absolute atomic E-state index is 0.0238. The van der Waals surface area contributed by atoms with Crippen LogP contribution >= 0.6 is 0 Å². The largest absolute Gasteiger partial charge is 0.476 e. The molecule has 0 aliphatic heterocycles. The zero-order valence-corrected chi connectivity index (χ0v) is 13.2. The highest BCUT2D eigenvalue weighted by atomic mass is 16.4. The van der Waals surface area contributed by atoms with Crippen LogP contribution in [-0.4, -0.2) is 26.8 Å². The van der Waals surface area contributed by atoms with Gasteiger partial charge in [0.1, 0.15) is 0 Å². The normalized spacial score (nSPS) is 24.9. The first kappa shape index (κ1) is 14.9. The van der Waals surface area contributed by atoms with E-state index in [0.29, 0.717) is 23.2 Å². The van der Waals surface area contributed by atoms with E-state index in [1.807, 2.05) is 24.3 Å². The highest BCUT2D eigenvalue weighted by Gasteiger charge is 2.54. The number of hydrogen-bond donors (Lipinski definition) is 2. The molecule has 2 N–H and O–H groups in total. The van der Waals surface area contributed by atoms with Crippen molar-refractivity contribution in [3.05, 3.63) is 42.2 Å². The molecule has 2 atom stereocenters. The number of hydrogen-bond acceptors (Lipinski definition) is 3. The zero-order valence-electron chi connectivity index (χ0n) is 13.2. The number of aromatic carboxylic acids is 1. The van der Waals surface area contributed by atoms with Crippen LogP contribution in [0, 0.1) is 17.8 Å². The average Bonchev–Trinajstić information content (AvgIpc) is 3.10. The van der Waals surface area contributed by atoms with E-state index in [-0.39, 0.29) is 17.5 Å². The number of benzene rings is 1. The van der Waals surface area contributed by atoms with Gasteiger partial charge in [0, 0.05) is 12.1 Å². The molecule has 2 fully saturated rings. The molecule has 2 aliphatic rings. The average molecular weight is 325 g/mol. The van der Waals surface area contributed by atoms with E-state index in [1.54, 1.807) is 6.20 Å². The molecule has 2 aliphatic carbocycles. The van der Waals surface area contributed by atoms with Crippen LogP contribution in [0.5, 0.6) is 0 Å². The lowest BCUT2D eigenvalue weighted by Gasteiger charge is -2.11. The van der Waals surface area contributed by atoms with Crippen molar-refractivity contribution in [2.75, 3.05) is 5.32 Å². The zero-order chi connectivity index (χ0) is 16.7. The Morgan fingerprint density at radius 2 is 1.83 bits per heavy atom. The number of carbonyl (C=O) groups excluding carboxylic acids is 1. The first-order chi connectivity index (χ1) is 11.6. The maximum absolute atomic E-state index is 12.6. The number of nitrogens with zero attached hydrogens (tertiary/aromatic N) is 2. The fourth-order valence-electron chi connectivity index (χ4n) is 3.95. The minimum atomic E-state index is -1.07. The molecule has 2 saturated carbocycles. The van der Waals surface area contributed by atoms with Gasteiger partial charge in [-0.05, 0) is 42.9 Å². The van der Waals surface area contributed by atoms with Crippen molar-refractivity contribution < 1.29 is 14.7 Å². The fourth-order valence-corrected chi connectivity index (χ4v) is 3.95. The van der Waals surface area contributed by atoms with Gasteiger partial charge in [-0.3, -0.25) is 4.79 Å². The van der Waals surface area contributed by atoms with Crippen LogP contribution in [0.15, 0.2) is 36.5 Å². The van der Waals surface area contributed by atoms with Crippen LogP contribution in [0.1, 0.15) is 36.2 Å². The fraction of sp³-hybridized carbons (Fsp3) is 0.389. The minimum Gasteiger partial charge on any atom is -0.476 e. The lowest BCUT2D eigenvalue weighted by atomic mass is 10.0. The van der Waals surface area contributed by atoms with Crippen molar-refractivity contribution in [2.45, 2.75) is 25.7 Å². The van der Waals surface area contributed by atoms with Crippen molar-refractivity contribution in [1.82, 2.24) is 9.78 Å². The number of carbonyl (C=O) groups is 2. The van der Waals surface area contributed by atoms with Crippen LogP contribution in [0.25, 0.3) is 5.69 Å². The molecule has 0 spiro atoms. The molecule has 1 heterocycles. The monoisotopic (exact) mass is 325 g/mol. The number of para-hydroxylation sites is 2. The number of amides is 1. The van der Waals surface area contributed by atoms with Gasteiger partial charge in [0.2, 0.25) is 5.91 Å². The molecule has 24 heavy (non-hydrogen) atoms. The number of rotatable bonds is 4. The number of nitrogens with one attached hydrogen (secondary N) is 1. The number of carboxylic acids is 1. The highest BCUT2D eigenvalue weighted by Crippen LogP contribution is 2.55. The smallest absolute Gasteiger partial charge is 0.356 e. The summed E-state index contributed by atoms with van der Waals surface area (Å²) in [4.78, 5) is 23.6. The third-order valence-electron chi connectivity index (χ3n) is 5.18. The Morgan fingerprint density at radius 1 is 1.12 bits per heavy atom. The Kier molecular flexibility index (Phi) is 3.59. The Balaban J connectivity index is 1.55. The summed E-state index contributed by atoms with van der Waals surface area (Å²) in [5.74, 6) is 0.235. The van der Waals surface area contributed by atoms with Crippen LogP contribution in [0.2, 0.25) is 0 Å². The molecule has 1 aromatic heterocycles. The lowest BCUT2D eigenvalue weighted by Crippen LogP contribution is -2.17. The maximum atomic E-state index is 12.6. The van der Waals surface area contributed by atoms with Gasteiger partial charge in [0.15, 0.2) is 5.69 Å². The Labute approximate surface area is 139 Å². The van der Waals surface area contributed by atoms with Crippen molar-refractivity contribution in [1.29, 1.82) is 0 Å². The molecule has 0 radical (unpaired) electrons. The Hall–Kier alpha value is -2.63. The van der Waals surface area contributed by atoms with E-state index in [4.69, 9.17) is 5.11 Å². The van der Waals surface area contributed by atoms with E-state index in [2.05, 4.69) is 10.4 Å². The standard InChI is InChI=1S/C18H19N3O3/c22-17(16-11-5-1-2-6-12(11)16)19-13-7-3-4-8-15(13)21-10-9-14(20-21)18(23)24/h3-4,7-12,16H,1-2,5-6H2,(H,19,22)(H,23,24). The molecule has 6 nitrogen and oxygen atoms in total. The SMILES string of the molecule is O=C(O)c1ccn(-c2ccccc2NC(=O)C2C3CCCCC32)n1. The van der Waals surface area contributed by atoms with E-state index in [9.17, 15) is 9.59 Å². The van der Waals surface area contributed by atoms with E-state index >= 15 is 0 Å². The second kappa shape index (κ2) is 5.78.